The molecule has 2 aromatic carbocycles. The first-order valence-corrected chi connectivity index (χ1v) is 11.4. The summed E-state index contributed by atoms with van der Waals surface area (Å²) in [7, 11) is -3.64. The number of rotatable bonds is 6. The van der Waals surface area contributed by atoms with E-state index in [0.29, 0.717) is 17.3 Å². The number of hydrogen-bond donors (Lipinski definition) is 2. The van der Waals surface area contributed by atoms with Gasteiger partial charge < -0.3 is 5.32 Å². The maximum Gasteiger partial charge on any atom is 0.262 e. The zero-order valence-corrected chi connectivity index (χ0v) is 16.9. The van der Waals surface area contributed by atoms with Crippen LogP contribution in [-0.2, 0) is 20.2 Å². The van der Waals surface area contributed by atoms with E-state index in [-0.39, 0.29) is 10.8 Å². The fourth-order valence-electron chi connectivity index (χ4n) is 4.09. The zero-order chi connectivity index (χ0) is 19.8. The second kappa shape index (κ2) is 7.24. The molecule has 0 heterocycles. The number of carbonyl (C=O) groups is 1. The Morgan fingerprint density at radius 3 is 2.25 bits per heavy atom. The molecular weight excluding hydrogens is 372 g/mol. The molecule has 1 amide bonds. The third-order valence-electron chi connectivity index (χ3n) is 5.95. The van der Waals surface area contributed by atoms with Crippen molar-refractivity contribution in [3.63, 3.8) is 0 Å². The predicted octanol–water partition coefficient (Wildman–Crippen LogP) is 3.89. The summed E-state index contributed by atoms with van der Waals surface area (Å²) in [5.41, 5.74) is 1.73. The van der Waals surface area contributed by atoms with E-state index < -0.39 is 15.4 Å². The van der Waals surface area contributed by atoms with Gasteiger partial charge in [0.15, 0.2) is 0 Å². The smallest absolute Gasteiger partial charge is 0.262 e. The molecule has 2 N–H and O–H groups in total. The molecule has 0 aromatic heterocycles. The molecule has 0 atom stereocenters. The molecule has 2 aromatic rings. The largest absolute Gasteiger partial charge is 0.353 e. The summed E-state index contributed by atoms with van der Waals surface area (Å²) >= 11 is 0. The van der Waals surface area contributed by atoms with Gasteiger partial charge in [-0.15, -0.1) is 0 Å². The summed E-state index contributed by atoms with van der Waals surface area (Å²) in [5, 5.41) is 3.21. The molecule has 0 radical (unpaired) electrons. The number of carbonyl (C=O) groups excluding carboxylic acids is 1. The molecule has 6 heteroatoms. The molecule has 5 nitrogen and oxygen atoms in total. The summed E-state index contributed by atoms with van der Waals surface area (Å²) in [6.07, 6.45) is 6.21. The fourth-order valence-corrected chi connectivity index (χ4v) is 5.40. The van der Waals surface area contributed by atoms with Crippen molar-refractivity contribution in [1.29, 1.82) is 0 Å². The average Bonchev–Trinajstić information content (AvgIpc) is 3.33. The van der Waals surface area contributed by atoms with Crippen LogP contribution in [0, 0.1) is 6.92 Å². The summed E-state index contributed by atoms with van der Waals surface area (Å²) < 4.78 is 27.9. The zero-order valence-electron chi connectivity index (χ0n) is 16.1. The van der Waals surface area contributed by atoms with Gasteiger partial charge >= 0.3 is 0 Å². The summed E-state index contributed by atoms with van der Waals surface area (Å²) in [6, 6.07) is 14.4. The van der Waals surface area contributed by atoms with Crippen molar-refractivity contribution in [2.75, 3.05) is 4.72 Å². The first-order valence-electron chi connectivity index (χ1n) is 9.91. The Hall–Kier alpha value is -2.34. The number of nitrogens with one attached hydrogen (secondary N) is 2. The van der Waals surface area contributed by atoms with E-state index in [0.717, 1.165) is 31.2 Å². The van der Waals surface area contributed by atoms with Crippen molar-refractivity contribution < 1.29 is 13.2 Å². The normalized spacial score (nSPS) is 18.6. The maximum absolute atomic E-state index is 12.8. The lowest BCUT2D eigenvalue weighted by Gasteiger charge is -2.20. The Labute approximate surface area is 166 Å². The third kappa shape index (κ3) is 3.65. The monoisotopic (exact) mass is 398 g/mol. The predicted molar refractivity (Wildman–Crippen MR) is 110 cm³/mol. The lowest BCUT2D eigenvalue weighted by Crippen LogP contribution is -2.40. The van der Waals surface area contributed by atoms with Gasteiger partial charge in [-0.2, -0.15) is 0 Å². The van der Waals surface area contributed by atoms with Gasteiger partial charge in [0.1, 0.15) is 0 Å². The van der Waals surface area contributed by atoms with E-state index in [1.54, 1.807) is 37.3 Å². The Morgan fingerprint density at radius 1 is 1.00 bits per heavy atom. The quantitative estimate of drug-likeness (QED) is 0.775. The average molecular weight is 399 g/mol. The highest BCUT2D eigenvalue weighted by Gasteiger charge is 2.51. The molecule has 0 bridgehead atoms. The van der Waals surface area contributed by atoms with Crippen LogP contribution in [0.3, 0.4) is 0 Å². The van der Waals surface area contributed by atoms with Crippen LogP contribution in [-0.4, -0.2) is 20.4 Å². The molecular formula is C22H26N2O3S. The van der Waals surface area contributed by atoms with E-state index in [1.807, 2.05) is 18.2 Å². The molecule has 28 heavy (non-hydrogen) atoms. The van der Waals surface area contributed by atoms with Gasteiger partial charge in [-0.25, -0.2) is 8.42 Å². The summed E-state index contributed by atoms with van der Waals surface area (Å²) in [6.45, 7) is 1.78. The van der Waals surface area contributed by atoms with Crippen LogP contribution in [0.4, 0.5) is 5.69 Å². The van der Waals surface area contributed by atoms with Crippen molar-refractivity contribution >= 4 is 21.6 Å². The lowest BCUT2D eigenvalue weighted by molar-refractivity contribution is -0.124. The number of anilines is 1. The van der Waals surface area contributed by atoms with Crippen LogP contribution < -0.4 is 10.0 Å². The van der Waals surface area contributed by atoms with Crippen molar-refractivity contribution in [3.8, 4) is 0 Å². The van der Waals surface area contributed by atoms with Gasteiger partial charge in [-0.3, -0.25) is 9.52 Å². The highest BCUT2D eigenvalue weighted by Crippen LogP contribution is 2.49. The van der Waals surface area contributed by atoms with E-state index in [2.05, 4.69) is 10.0 Å². The van der Waals surface area contributed by atoms with E-state index in [9.17, 15) is 13.2 Å². The Kier molecular flexibility index (Phi) is 4.91. The molecule has 2 aliphatic rings. The van der Waals surface area contributed by atoms with E-state index >= 15 is 0 Å². The first kappa shape index (κ1) is 19.0. The van der Waals surface area contributed by atoms with Crippen molar-refractivity contribution in [2.24, 2.45) is 0 Å². The molecule has 0 saturated heterocycles. The molecule has 2 fully saturated rings. The molecule has 0 unspecified atom stereocenters. The van der Waals surface area contributed by atoms with Crippen LogP contribution in [0.15, 0.2) is 53.4 Å². The molecule has 148 valence electrons. The van der Waals surface area contributed by atoms with Gasteiger partial charge in [0.2, 0.25) is 5.91 Å². The molecule has 4 rings (SSSR count). The van der Waals surface area contributed by atoms with Crippen molar-refractivity contribution in [3.05, 3.63) is 59.7 Å². The topological polar surface area (TPSA) is 75.3 Å². The number of hydrogen-bond acceptors (Lipinski definition) is 3. The second-order valence-corrected chi connectivity index (χ2v) is 9.64. The van der Waals surface area contributed by atoms with Gasteiger partial charge in [-0.1, -0.05) is 43.2 Å². The van der Waals surface area contributed by atoms with Gasteiger partial charge in [0.05, 0.1) is 10.3 Å². The second-order valence-electron chi connectivity index (χ2n) is 7.99. The van der Waals surface area contributed by atoms with Crippen LogP contribution in [0.5, 0.6) is 0 Å². The van der Waals surface area contributed by atoms with Gasteiger partial charge in [-0.05, 0) is 61.9 Å². The first-order chi connectivity index (χ1) is 13.4. The molecule has 2 aliphatic carbocycles. The minimum absolute atomic E-state index is 0.118. The molecule has 0 aliphatic heterocycles. The van der Waals surface area contributed by atoms with Gasteiger partial charge in [0, 0.05) is 11.7 Å². The third-order valence-corrected chi connectivity index (χ3v) is 7.49. The Balaban J connectivity index is 1.48. The van der Waals surface area contributed by atoms with Crippen LogP contribution in [0.1, 0.15) is 49.7 Å². The molecule has 0 spiro atoms. The Morgan fingerprint density at radius 2 is 1.64 bits per heavy atom. The van der Waals surface area contributed by atoms with Crippen LogP contribution >= 0.6 is 0 Å². The van der Waals surface area contributed by atoms with E-state index in [1.165, 1.54) is 12.8 Å². The van der Waals surface area contributed by atoms with Crippen LogP contribution in [0.2, 0.25) is 0 Å². The highest BCUT2D eigenvalue weighted by molar-refractivity contribution is 7.92. The SMILES string of the molecule is Cc1ccccc1S(=O)(=O)Nc1ccc(C2(C(=O)NC3CCCC3)CC2)cc1. The number of benzene rings is 2. The fraction of sp³-hybridized carbons (Fsp3) is 0.409. The van der Waals surface area contributed by atoms with Crippen molar-refractivity contribution in [2.45, 2.75) is 61.8 Å². The number of amides is 1. The van der Waals surface area contributed by atoms with Crippen LogP contribution in [0.25, 0.3) is 0 Å². The van der Waals surface area contributed by atoms with Gasteiger partial charge in [0.25, 0.3) is 10.0 Å². The lowest BCUT2D eigenvalue weighted by atomic mass is 9.94. The standard InChI is InChI=1S/C22H26N2O3S/c1-16-6-2-5-9-20(16)28(26,27)24-19-12-10-17(11-13-19)22(14-15-22)21(25)23-18-7-3-4-8-18/h2,5-6,9-13,18,24H,3-4,7-8,14-15H2,1H3,(H,23,25). The maximum atomic E-state index is 12.8. The minimum atomic E-state index is -3.64. The number of aryl methyl sites for hydroxylation is 1. The van der Waals surface area contributed by atoms with Crippen molar-refractivity contribution in [1.82, 2.24) is 5.32 Å². The highest BCUT2D eigenvalue weighted by atomic mass is 32.2. The molecule has 2 saturated carbocycles. The number of sulfonamides is 1. The summed E-state index contributed by atoms with van der Waals surface area (Å²) in [5.74, 6) is 0.118. The summed E-state index contributed by atoms with van der Waals surface area (Å²) in [4.78, 5) is 13.1. The van der Waals surface area contributed by atoms with E-state index in [4.69, 9.17) is 0 Å². The Bertz CT molecular complexity index is 973. The minimum Gasteiger partial charge on any atom is -0.353 e.